The van der Waals surface area contributed by atoms with E-state index in [0.29, 0.717) is 0 Å². The van der Waals surface area contributed by atoms with E-state index in [1.165, 1.54) is 0 Å². The quantitative estimate of drug-likeness (QED) is 0.710. The Hall–Kier alpha value is 0.540. The second-order valence-corrected chi connectivity index (χ2v) is 10.7. The molecular weight excluding hydrogens is 222 g/mol. The fourth-order valence-electron chi connectivity index (χ4n) is 0.353. The van der Waals surface area contributed by atoms with Gasteiger partial charge in [0.2, 0.25) is 0 Å². The van der Waals surface area contributed by atoms with Gasteiger partial charge in [0.05, 0.1) is 13.2 Å². The van der Waals surface area contributed by atoms with E-state index < -0.39 is 7.82 Å². The maximum Gasteiger partial charge on any atom is 0.267 e. The maximum absolute atomic E-state index is 10.4. The molecule has 6 heteroatoms. The molecular formula is C8H22O4P2. The van der Waals surface area contributed by atoms with Crippen LogP contribution in [0, 0.1) is 0 Å². The first-order chi connectivity index (χ1) is 6.12. The maximum atomic E-state index is 10.4. The van der Waals surface area contributed by atoms with Gasteiger partial charge >= 0.3 is 0 Å². The lowest BCUT2D eigenvalue weighted by Gasteiger charge is -2.20. The highest BCUT2D eigenvalue weighted by atomic mass is 31.2. The Balaban J connectivity index is 0. The second-order valence-electron chi connectivity index (χ2n) is 3.97. The zero-order chi connectivity index (χ0) is 11.8. The minimum absolute atomic E-state index is 0.126. The Bertz CT molecular complexity index is 161. The van der Waals surface area contributed by atoms with E-state index in [1.54, 1.807) is 13.8 Å². The Morgan fingerprint density at radius 2 is 1.29 bits per heavy atom. The van der Waals surface area contributed by atoms with E-state index in [0.717, 1.165) is 0 Å². The molecule has 0 heterocycles. The van der Waals surface area contributed by atoms with Gasteiger partial charge in [-0.15, -0.1) is 0 Å². The highest BCUT2D eigenvalue weighted by Crippen LogP contribution is 2.40. The molecule has 14 heavy (non-hydrogen) atoms. The molecule has 0 radical (unpaired) electrons. The van der Waals surface area contributed by atoms with Gasteiger partial charge in [-0.25, -0.2) is 0 Å². The molecule has 4 nitrogen and oxygen atoms in total. The lowest BCUT2D eigenvalue weighted by Crippen LogP contribution is -2.07. The van der Waals surface area contributed by atoms with Crippen LogP contribution < -0.4 is 4.89 Å². The van der Waals surface area contributed by atoms with E-state index in [-0.39, 0.29) is 20.5 Å². The molecule has 0 aliphatic rings. The first-order valence-electron chi connectivity index (χ1n) is 4.51. The first-order valence-corrected chi connectivity index (χ1v) is 9.55. The van der Waals surface area contributed by atoms with Crippen LogP contribution in [0.15, 0.2) is 0 Å². The van der Waals surface area contributed by atoms with Gasteiger partial charge in [0.15, 0.2) is 0 Å². The zero-order valence-electron chi connectivity index (χ0n) is 9.94. The van der Waals surface area contributed by atoms with Crippen LogP contribution in [-0.2, 0) is 13.6 Å². The standard InChI is InChI=1S/C4H11O4P.C4H12P/c1-3-7-9(5,6)8-4-2;1-5(2,3)4/h3-4H2,1-2H3,(H,5,6);1-4H3/q;+1/p-1. The monoisotopic (exact) mass is 244 g/mol. The molecule has 0 fully saturated rings. The van der Waals surface area contributed by atoms with Crippen molar-refractivity contribution in [1.29, 1.82) is 0 Å². The Morgan fingerprint density at radius 3 is 1.43 bits per heavy atom. The highest BCUT2D eigenvalue weighted by molar-refractivity contribution is 7.73. The van der Waals surface area contributed by atoms with Crippen LogP contribution in [0.5, 0.6) is 0 Å². The van der Waals surface area contributed by atoms with E-state index >= 15 is 0 Å². The summed E-state index contributed by atoms with van der Waals surface area (Å²) in [4.78, 5) is 10.4. The van der Waals surface area contributed by atoms with Crippen molar-refractivity contribution in [3.8, 4) is 0 Å². The van der Waals surface area contributed by atoms with Crippen LogP contribution >= 0.6 is 15.1 Å². The third kappa shape index (κ3) is 22.9. The van der Waals surface area contributed by atoms with Crippen molar-refractivity contribution < 1.29 is 18.5 Å². The highest BCUT2D eigenvalue weighted by Gasteiger charge is 2.04. The van der Waals surface area contributed by atoms with Crippen LogP contribution in [0.4, 0.5) is 0 Å². The number of phosphoric acid groups is 1. The lowest BCUT2D eigenvalue weighted by atomic mass is 10.9. The van der Waals surface area contributed by atoms with Crippen molar-refractivity contribution in [2.45, 2.75) is 13.8 Å². The summed E-state index contributed by atoms with van der Waals surface area (Å²) in [7, 11) is -4.33. The predicted molar refractivity (Wildman–Crippen MR) is 61.5 cm³/mol. The van der Waals surface area contributed by atoms with E-state index in [4.69, 9.17) is 0 Å². The molecule has 0 aromatic rings. The molecule has 0 N–H and O–H groups in total. The largest absolute Gasteiger partial charge is 0.756 e. The van der Waals surface area contributed by atoms with E-state index in [1.807, 2.05) is 0 Å². The van der Waals surface area contributed by atoms with Gasteiger partial charge < -0.3 is 13.9 Å². The van der Waals surface area contributed by atoms with Gasteiger partial charge in [-0.05, 0) is 13.8 Å². The molecule has 0 aromatic heterocycles. The summed E-state index contributed by atoms with van der Waals surface area (Å²) in [5, 5.41) is 0. The number of rotatable bonds is 4. The fraction of sp³-hybridized carbons (Fsp3) is 1.00. The molecule has 0 atom stereocenters. The summed E-state index contributed by atoms with van der Waals surface area (Å²) in [6.07, 6.45) is 0. The summed E-state index contributed by atoms with van der Waals surface area (Å²) in [6, 6.07) is 0. The zero-order valence-corrected chi connectivity index (χ0v) is 11.7. The molecule has 0 rings (SSSR count). The third-order valence-corrected chi connectivity index (χ3v) is 1.72. The van der Waals surface area contributed by atoms with Crippen LogP contribution in [0.1, 0.15) is 13.8 Å². The molecule has 88 valence electrons. The topological polar surface area (TPSA) is 58.6 Å². The number of hydrogen-bond acceptors (Lipinski definition) is 4. The Labute approximate surface area is 88.0 Å². The molecule has 0 spiro atoms. The SMILES string of the molecule is CCOP(=O)([O-])OCC.C[P+](C)(C)C. The van der Waals surface area contributed by atoms with Gasteiger partial charge in [-0.2, -0.15) is 0 Å². The van der Waals surface area contributed by atoms with Crippen LogP contribution in [0.3, 0.4) is 0 Å². The number of hydrogen-bond donors (Lipinski definition) is 0. The van der Waals surface area contributed by atoms with E-state index in [2.05, 4.69) is 35.7 Å². The van der Waals surface area contributed by atoms with Crippen molar-refractivity contribution >= 4 is 15.1 Å². The molecule has 0 saturated carbocycles. The van der Waals surface area contributed by atoms with Crippen LogP contribution in [-0.4, -0.2) is 39.9 Å². The normalized spacial score (nSPS) is 11.9. The third-order valence-electron chi connectivity index (χ3n) is 0.574. The first kappa shape index (κ1) is 17.0. The molecule has 0 aliphatic carbocycles. The minimum atomic E-state index is -3.94. The van der Waals surface area contributed by atoms with Gasteiger partial charge in [0.1, 0.15) is 0 Å². The molecule has 0 bridgehead atoms. The average molecular weight is 244 g/mol. The summed E-state index contributed by atoms with van der Waals surface area (Å²) in [5.41, 5.74) is 0. The van der Waals surface area contributed by atoms with Gasteiger partial charge in [0.25, 0.3) is 7.82 Å². The van der Waals surface area contributed by atoms with Gasteiger partial charge in [0, 0.05) is 33.9 Å². The molecule has 0 aromatic carbocycles. The number of phosphoric ester groups is 1. The van der Waals surface area contributed by atoms with Crippen molar-refractivity contribution in [2.24, 2.45) is 0 Å². The predicted octanol–water partition coefficient (Wildman–Crippen LogP) is 2.05. The van der Waals surface area contributed by atoms with Crippen molar-refractivity contribution in [1.82, 2.24) is 0 Å². The summed E-state index contributed by atoms with van der Waals surface area (Å²) in [6.45, 7) is 12.6. The minimum Gasteiger partial charge on any atom is -0.756 e. The summed E-state index contributed by atoms with van der Waals surface area (Å²) >= 11 is 0. The van der Waals surface area contributed by atoms with Crippen molar-refractivity contribution in [2.75, 3.05) is 39.9 Å². The second kappa shape index (κ2) is 7.78. The molecule has 0 amide bonds. The summed E-state index contributed by atoms with van der Waals surface area (Å²) in [5.74, 6) is 0. The smallest absolute Gasteiger partial charge is 0.267 e. The molecule has 0 saturated heterocycles. The van der Waals surface area contributed by atoms with E-state index in [9.17, 15) is 9.46 Å². The average Bonchev–Trinajstić information content (AvgIpc) is 1.81. The van der Waals surface area contributed by atoms with Crippen LogP contribution in [0.2, 0.25) is 0 Å². The van der Waals surface area contributed by atoms with Crippen molar-refractivity contribution in [3.05, 3.63) is 0 Å². The van der Waals surface area contributed by atoms with Gasteiger partial charge in [-0.1, -0.05) is 0 Å². The van der Waals surface area contributed by atoms with Crippen molar-refractivity contribution in [3.63, 3.8) is 0 Å². The summed E-state index contributed by atoms with van der Waals surface area (Å²) < 4.78 is 18.9. The fourth-order valence-corrected chi connectivity index (χ4v) is 1.06. The van der Waals surface area contributed by atoms with Crippen LogP contribution in [0.25, 0.3) is 0 Å². The molecule has 0 unspecified atom stereocenters. The Kier molecular flexibility index (Phi) is 9.42. The van der Waals surface area contributed by atoms with Gasteiger partial charge in [-0.3, -0.25) is 4.57 Å². The lowest BCUT2D eigenvalue weighted by molar-refractivity contribution is -0.224. The Morgan fingerprint density at radius 1 is 1.07 bits per heavy atom. The molecule has 0 aliphatic heterocycles.